The van der Waals surface area contributed by atoms with E-state index in [2.05, 4.69) is 27.7 Å². The Balaban J connectivity index is 2.19. The van der Waals surface area contributed by atoms with Gasteiger partial charge in [0, 0.05) is 6.21 Å². The lowest BCUT2D eigenvalue weighted by Crippen LogP contribution is -2.37. The van der Waals surface area contributed by atoms with Crippen molar-refractivity contribution in [3.05, 3.63) is 47.3 Å². The van der Waals surface area contributed by atoms with E-state index in [9.17, 15) is 4.79 Å². The second kappa shape index (κ2) is 9.85. The van der Waals surface area contributed by atoms with E-state index >= 15 is 0 Å². The van der Waals surface area contributed by atoms with E-state index < -0.39 is 5.97 Å². The maximum absolute atomic E-state index is 12.2. The third kappa shape index (κ3) is 5.07. The molecular weight excluding hydrogens is 340 g/mol. The monoisotopic (exact) mass is 362 g/mol. The lowest BCUT2D eigenvalue weighted by Gasteiger charge is -2.27. The Hall–Kier alpha value is -2.32. The summed E-state index contributed by atoms with van der Waals surface area (Å²) in [4.78, 5) is 22.2. The zero-order valence-corrected chi connectivity index (χ0v) is 15.4. The van der Waals surface area contributed by atoms with Crippen molar-refractivity contribution in [3.8, 4) is 0 Å². The van der Waals surface area contributed by atoms with E-state index in [1.807, 2.05) is 24.5 Å². The van der Waals surface area contributed by atoms with Crippen LogP contribution in [0.2, 0.25) is 0 Å². The fraction of sp³-hybridized carbons (Fsp3) is 0.353. The minimum absolute atomic E-state index is 0.291. The summed E-state index contributed by atoms with van der Waals surface area (Å²) in [6, 6.07) is 0. The molecule has 0 amide bonds. The van der Waals surface area contributed by atoms with Gasteiger partial charge in [0.1, 0.15) is 17.3 Å². The summed E-state index contributed by atoms with van der Waals surface area (Å²) >= 11 is 1.37. The van der Waals surface area contributed by atoms with Crippen LogP contribution in [0.5, 0.6) is 0 Å². The van der Waals surface area contributed by atoms with Gasteiger partial charge in [-0.05, 0) is 25.2 Å². The SMILES string of the molecule is C/C=N\N1CN=C(SC)C(C(=O)OC)=C1NOCC1=CCC=CC=C1. The molecule has 0 radical (unpaired) electrons. The summed E-state index contributed by atoms with van der Waals surface area (Å²) in [6.07, 6.45) is 14.4. The normalized spacial score (nSPS) is 17.5. The van der Waals surface area contributed by atoms with Crippen molar-refractivity contribution in [2.75, 3.05) is 26.6 Å². The Bertz CT molecular complexity index is 677. The average molecular weight is 362 g/mol. The number of ether oxygens (including phenoxy) is 1. The number of hydrazone groups is 1. The zero-order valence-electron chi connectivity index (χ0n) is 14.6. The first-order valence-electron chi connectivity index (χ1n) is 7.78. The fourth-order valence-electron chi connectivity index (χ4n) is 2.22. The topological polar surface area (TPSA) is 75.5 Å². The van der Waals surface area contributed by atoms with E-state index in [0.717, 1.165) is 12.0 Å². The summed E-state index contributed by atoms with van der Waals surface area (Å²) in [5, 5.41) is 6.37. The van der Waals surface area contributed by atoms with Gasteiger partial charge >= 0.3 is 5.97 Å². The van der Waals surface area contributed by atoms with E-state index in [0.29, 0.717) is 29.7 Å². The van der Waals surface area contributed by atoms with Crippen molar-refractivity contribution < 1.29 is 14.4 Å². The number of methoxy groups -OCH3 is 1. The predicted molar refractivity (Wildman–Crippen MR) is 101 cm³/mol. The van der Waals surface area contributed by atoms with Crippen LogP contribution in [-0.4, -0.2) is 48.9 Å². The van der Waals surface area contributed by atoms with Gasteiger partial charge in [0.25, 0.3) is 0 Å². The molecule has 1 heterocycles. The molecule has 0 saturated heterocycles. The van der Waals surface area contributed by atoms with Gasteiger partial charge in [-0.1, -0.05) is 30.4 Å². The Morgan fingerprint density at radius 3 is 3.08 bits per heavy atom. The third-order valence-corrected chi connectivity index (χ3v) is 4.10. The van der Waals surface area contributed by atoms with Crippen molar-refractivity contribution in [3.63, 3.8) is 0 Å². The second-order valence-electron chi connectivity index (χ2n) is 4.99. The molecule has 0 spiro atoms. The molecule has 7 nitrogen and oxygen atoms in total. The van der Waals surface area contributed by atoms with Crippen molar-refractivity contribution >= 4 is 29.0 Å². The van der Waals surface area contributed by atoms with Crippen molar-refractivity contribution in [1.82, 2.24) is 10.5 Å². The molecule has 8 heteroatoms. The molecule has 0 bridgehead atoms. The summed E-state index contributed by atoms with van der Waals surface area (Å²) in [5.41, 5.74) is 4.20. The number of esters is 1. The first kappa shape index (κ1) is 19.0. The van der Waals surface area contributed by atoms with Crippen LogP contribution in [0.1, 0.15) is 13.3 Å². The first-order valence-corrected chi connectivity index (χ1v) is 9.01. The van der Waals surface area contributed by atoms with Crippen LogP contribution in [-0.2, 0) is 14.4 Å². The summed E-state index contributed by atoms with van der Waals surface area (Å²) in [7, 11) is 1.34. The largest absolute Gasteiger partial charge is 0.465 e. The smallest absolute Gasteiger partial charge is 0.344 e. The minimum Gasteiger partial charge on any atom is -0.465 e. The molecule has 25 heavy (non-hydrogen) atoms. The molecule has 2 aliphatic rings. The zero-order chi connectivity index (χ0) is 18.1. The highest BCUT2D eigenvalue weighted by Crippen LogP contribution is 2.22. The summed E-state index contributed by atoms with van der Waals surface area (Å²) < 4.78 is 4.90. The van der Waals surface area contributed by atoms with E-state index in [1.54, 1.807) is 18.1 Å². The van der Waals surface area contributed by atoms with Gasteiger partial charge in [-0.2, -0.15) is 5.10 Å². The Morgan fingerprint density at radius 2 is 2.36 bits per heavy atom. The van der Waals surface area contributed by atoms with Crippen LogP contribution in [0.15, 0.2) is 57.4 Å². The lowest BCUT2D eigenvalue weighted by atomic mass is 10.2. The molecule has 0 saturated carbocycles. The summed E-state index contributed by atoms with van der Waals surface area (Å²) in [5.74, 6) is -0.0754. The molecule has 0 aromatic heterocycles. The molecule has 0 fully saturated rings. The highest BCUT2D eigenvalue weighted by Gasteiger charge is 2.29. The molecule has 0 atom stereocenters. The minimum atomic E-state index is -0.493. The number of thioether (sulfide) groups is 1. The van der Waals surface area contributed by atoms with Crippen molar-refractivity contribution in [1.29, 1.82) is 0 Å². The number of carbonyl (C=O) groups excluding carboxylic acids is 1. The molecule has 1 aliphatic heterocycles. The van der Waals surface area contributed by atoms with Crippen LogP contribution >= 0.6 is 11.8 Å². The van der Waals surface area contributed by atoms with E-state index in [-0.39, 0.29) is 0 Å². The average Bonchev–Trinajstić information content (AvgIpc) is 2.91. The number of hydrogen-bond acceptors (Lipinski definition) is 8. The van der Waals surface area contributed by atoms with E-state index in [4.69, 9.17) is 9.57 Å². The molecule has 0 aromatic rings. The number of hydrogen-bond donors (Lipinski definition) is 1. The van der Waals surface area contributed by atoms with Crippen molar-refractivity contribution in [2.45, 2.75) is 13.3 Å². The van der Waals surface area contributed by atoms with Crippen LogP contribution in [0.3, 0.4) is 0 Å². The molecule has 2 rings (SSSR count). The number of nitrogens with zero attached hydrogens (tertiary/aromatic N) is 3. The van der Waals surface area contributed by atoms with Gasteiger partial charge in [0.05, 0.1) is 13.7 Å². The Labute approximate surface area is 151 Å². The predicted octanol–water partition coefficient (Wildman–Crippen LogP) is 2.38. The van der Waals surface area contributed by atoms with Crippen LogP contribution < -0.4 is 5.48 Å². The second-order valence-corrected chi connectivity index (χ2v) is 5.78. The maximum Gasteiger partial charge on any atom is 0.344 e. The number of rotatable bonds is 6. The third-order valence-electron chi connectivity index (χ3n) is 3.38. The Morgan fingerprint density at radius 1 is 1.52 bits per heavy atom. The quantitative estimate of drug-likeness (QED) is 0.444. The van der Waals surface area contributed by atoms with Gasteiger partial charge in [0.15, 0.2) is 5.82 Å². The van der Waals surface area contributed by atoms with Gasteiger partial charge in [-0.25, -0.2) is 15.3 Å². The Kier molecular flexibility index (Phi) is 7.49. The maximum atomic E-state index is 12.2. The molecule has 1 aliphatic carbocycles. The van der Waals surface area contributed by atoms with Crippen LogP contribution in [0, 0.1) is 0 Å². The number of aliphatic imine (C=N–C) groups is 1. The number of hydroxylamine groups is 1. The van der Waals surface area contributed by atoms with Gasteiger partial charge in [-0.15, -0.1) is 11.8 Å². The molecule has 1 N–H and O–H groups in total. The molecular formula is C17H22N4O3S. The first-order chi connectivity index (χ1) is 12.2. The fourth-order valence-corrected chi connectivity index (χ4v) is 2.79. The number of nitrogens with one attached hydrogen (secondary N) is 1. The van der Waals surface area contributed by atoms with Gasteiger partial charge in [-0.3, -0.25) is 9.83 Å². The standard InChI is InChI=1S/C17H22N4O3S/c1-4-19-21-12-18-16(25-3)14(17(22)23-2)15(21)20-24-11-13-9-7-5-6-8-10-13/h4-7,9-10,20H,8,11-12H2,1-3H3/b19-4-. The highest BCUT2D eigenvalue weighted by atomic mass is 32.2. The molecule has 0 unspecified atom stereocenters. The van der Waals surface area contributed by atoms with Crippen molar-refractivity contribution in [2.24, 2.45) is 10.1 Å². The molecule has 134 valence electrons. The number of carbonyl (C=O) groups is 1. The lowest BCUT2D eigenvalue weighted by molar-refractivity contribution is -0.135. The number of allylic oxidation sites excluding steroid dienone is 4. The molecule has 0 aromatic carbocycles. The van der Waals surface area contributed by atoms with Gasteiger partial charge < -0.3 is 4.74 Å². The summed E-state index contributed by atoms with van der Waals surface area (Å²) in [6.45, 7) is 2.43. The highest BCUT2D eigenvalue weighted by molar-refractivity contribution is 8.14. The van der Waals surface area contributed by atoms with Crippen LogP contribution in [0.4, 0.5) is 0 Å². The van der Waals surface area contributed by atoms with Crippen LogP contribution in [0.25, 0.3) is 0 Å². The van der Waals surface area contributed by atoms with E-state index in [1.165, 1.54) is 18.9 Å². The van der Waals surface area contributed by atoms with Gasteiger partial charge in [0.2, 0.25) is 0 Å².